The molecular weight excluding hydrogens is 247 g/mol. The van der Waals surface area contributed by atoms with Gasteiger partial charge >= 0.3 is 0 Å². The summed E-state index contributed by atoms with van der Waals surface area (Å²) in [4.78, 5) is 11.6. The highest BCUT2D eigenvalue weighted by molar-refractivity contribution is 5.92. The highest BCUT2D eigenvalue weighted by Crippen LogP contribution is 2.15. The molecule has 19 heavy (non-hydrogen) atoms. The Balaban J connectivity index is 1.88. The molecule has 1 amide bonds. The quantitative estimate of drug-likeness (QED) is 0.830. The average Bonchev–Trinajstić information content (AvgIpc) is 2.40. The maximum atomic E-state index is 13.2. The number of rotatable bonds is 4. The van der Waals surface area contributed by atoms with Gasteiger partial charge in [-0.2, -0.15) is 0 Å². The molecule has 0 aromatic heterocycles. The van der Waals surface area contributed by atoms with Crippen LogP contribution in [0.3, 0.4) is 0 Å². The van der Waals surface area contributed by atoms with Crippen molar-refractivity contribution in [3.8, 4) is 5.75 Å². The third-order valence-corrected chi connectivity index (χ3v) is 2.39. The van der Waals surface area contributed by atoms with Crippen LogP contribution in [0.25, 0.3) is 0 Å². The fourth-order valence-electron chi connectivity index (χ4n) is 1.47. The maximum Gasteiger partial charge on any atom is 0.262 e. The molecule has 0 spiro atoms. The van der Waals surface area contributed by atoms with Gasteiger partial charge in [0.25, 0.3) is 5.91 Å². The predicted octanol–water partition coefficient (Wildman–Crippen LogP) is 2.43. The van der Waals surface area contributed by atoms with Gasteiger partial charge in [-0.25, -0.2) is 4.39 Å². The number of carbonyl (C=O) groups excluding carboxylic acids is 1. The molecule has 0 aliphatic heterocycles. The number of ether oxygens (including phenoxy) is 1. The third kappa shape index (κ3) is 3.70. The van der Waals surface area contributed by atoms with Crippen molar-refractivity contribution >= 4 is 17.3 Å². The molecule has 0 fully saturated rings. The second-order valence-corrected chi connectivity index (χ2v) is 3.89. The molecule has 5 heteroatoms. The summed E-state index contributed by atoms with van der Waals surface area (Å²) in [6.45, 7) is -0.259. The smallest absolute Gasteiger partial charge is 0.262 e. The molecule has 2 aromatic rings. The summed E-state index contributed by atoms with van der Waals surface area (Å²) >= 11 is 0. The minimum Gasteiger partial charge on any atom is -0.481 e. The Morgan fingerprint density at radius 3 is 2.53 bits per heavy atom. The van der Waals surface area contributed by atoms with Gasteiger partial charge in [0.15, 0.2) is 18.2 Å². The van der Waals surface area contributed by atoms with Crippen LogP contribution in [0.4, 0.5) is 15.8 Å². The van der Waals surface area contributed by atoms with Crippen LogP contribution < -0.4 is 15.8 Å². The van der Waals surface area contributed by atoms with Crippen LogP contribution in [0.5, 0.6) is 5.75 Å². The van der Waals surface area contributed by atoms with Crippen LogP contribution in [-0.2, 0) is 4.79 Å². The van der Waals surface area contributed by atoms with Crippen molar-refractivity contribution in [3.63, 3.8) is 0 Å². The lowest BCUT2D eigenvalue weighted by molar-refractivity contribution is -0.118. The van der Waals surface area contributed by atoms with E-state index in [2.05, 4.69) is 5.32 Å². The van der Waals surface area contributed by atoms with Crippen LogP contribution in [0.2, 0.25) is 0 Å². The standard InChI is InChI=1S/C14H13FN2O2/c15-12-3-1-2-4-13(12)19-9-14(18)17-11-7-5-10(16)6-8-11/h1-8H,9,16H2,(H,17,18). The molecule has 3 N–H and O–H groups in total. The highest BCUT2D eigenvalue weighted by atomic mass is 19.1. The lowest BCUT2D eigenvalue weighted by atomic mass is 10.3. The Kier molecular flexibility index (Phi) is 3.97. The van der Waals surface area contributed by atoms with E-state index in [0.717, 1.165) is 0 Å². The van der Waals surface area contributed by atoms with Crippen LogP contribution in [-0.4, -0.2) is 12.5 Å². The second kappa shape index (κ2) is 5.86. The molecule has 0 unspecified atom stereocenters. The Morgan fingerprint density at radius 1 is 1.16 bits per heavy atom. The number of benzene rings is 2. The number of nitrogen functional groups attached to an aromatic ring is 1. The molecule has 2 rings (SSSR count). The van der Waals surface area contributed by atoms with E-state index >= 15 is 0 Å². The summed E-state index contributed by atoms with van der Waals surface area (Å²) in [6, 6.07) is 12.6. The Labute approximate surface area is 110 Å². The first-order chi connectivity index (χ1) is 9.15. The van der Waals surface area contributed by atoms with Crippen molar-refractivity contribution in [3.05, 3.63) is 54.3 Å². The number of amides is 1. The summed E-state index contributed by atoms with van der Waals surface area (Å²) in [5.41, 5.74) is 6.75. The first-order valence-electron chi connectivity index (χ1n) is 5.68. The number of para-hydroxylation sites is 1. The normalized spacial score (nSPS) is 9.95. The largest absolute Gasteiger partial charge is 0.481 e. The van der Waals surface area contributed by atoms with E-state index in [-0.39, 0.29) is 18.3 Å². The molecule has 0 atom stereocenters. The van der Waals surface area contributed by atoms with Gasteiger partial charge < -0.3 is 15.8 Å². The first kappa shape index (κ1) is 12.9. The van der Waals surface area contributed by atoms with Gasteiger partial charge in [-0.05, 0) is 36.4 Å². The number of hydrogen-bond donors (Lipinski definition) is 2. The number of carbonyl (C=O) groups is 1. The SMILES string of the molecule is Nc1ccc(NC(=O)COc2ccccc2F)cc1. The van der Waals surface area contributed by atoms with Crippen LogP contribution in [0, 0.1) is 5.82 Å². The van der Waals surface area contributed by atoms with Crippen molar-refractivity contribution in [2.24, 2.45) is 0 Å². The summed E-state index contributed by atoms with van der Waals surface area (Å²) in [5, 5.41) is 2.62. The highest BCUT2D eigenvalue weighted by Gasteiger charge is 2.06. The van der Waals surface area contributed by atoms with Gasteiger partial charge in [-0.1, -0.05) is 12.1 Å². The van der Waals surface area contributed by atoms with Crippen molar-refractivity contribution in [1.82, 2.24) is 0 Å². The van der Waals surface area contributed by atoms with Gasteiger partial charge in [0.2, 0.25) is 0 Å². The zero-order valence-corrected chi connectivity index (χ0v) is 10.1. The van der Waals surface area contributed by atoms with E-state index < -0.39 is 5.82 Å². The number of halogens is 1. The van der Waals surface area contributed by atoms with Crippen molar-refractivity contribution in [2.45, 2.75) is 0 Å². The van der Waals surface area contributed by atoms with E-state index in [4.69, 9.17) is 10.5 Å². The molecule has 0 aliphatic carbocycles. The molecule has 0 aliphatic rings. The van der Waals surface area contributed by atoms with Gasteiger partial charge in [0.1, 0.15) is 0 Å². The van der Waals surface area contributed by atoms with Crippen LogP contribution in [0.15, 0.2) is 48.5 Å². The number of anilines is 2. The molecule has 0 saturated heterocycles. The molecule has 98 valence electrons. The van der Waals surface area contributed by atoms with Crippen LogP contribution >= 0.6 is 0 Å². The summed E-state index contributed by atoms with van der Waals surface area (Å²) in [5.74, 6) is -0.814. The van der Waals surface area contributed by atoms with Crippen LogP contribution in [0.1, 0.15) is 0 Å². The topological polar surface area (TPSA) is 64.3 Å². The molecule has 0 radical (unpaired) electrons. The maximum absolute atomic E-state index is 13.2. The van der Waals surface area contributed by atoms with Gasteiger partial charge in [0, 0.05) is 11.4 Å². The lowest BCUT2D eigenvalue weighted by Crippen LogP contribution is -2.20. The molecule has 0 heterocycles. The lowest BCUT2D eigenvalue weighted by Gasteiger charge is -2.08. The second-order valence-electron chi connectivity index (χ2n) is 3.89. The number of nitrogens with two attached hydrogens (primary N) is 1. The third-order valence-electron chi connectivity index (χ3n) is 2.39. The summed E-state index contributed by atoms with van der Waals surface area (Å²) in [7, 11) is 0. The zero-order valence-electron chi connectivity index (χ0n) is 10.1. The average molecular weight is 260 g/mol. The van der Waals surface area contributed by atoms with E-state index in [1.54, 1.807) is 36.4 Å². The minimum absolute atomic E-state index is 0.0509. The molecular formula is C14H13FN2O2. The molecule has 0 bridgehead atoms. The van der Waals surface area contributed by atoms with E-state index in [1.807, 2.05) is 0 Å². The van der Waals surface area contributed by atoms with Gasteiger partial charge in [-0.15, -0.1) is 0 Å². The van der Waals surface area contributed by atoms with Crippen molar-refractivity contribution in [1.29, 1.82) is 0 Å². The fraction of sp³-hybridized carbons (Fsp3) is 0.0714. The Morgan fingerprint density at radius 2 is 1.84 bits per heavy atom. The fourth-order valence-corrected chi connectivity index (χ4v) is 1.47. The zero-order chi connectivity index (χ0) is 13.7. The Hall–Kier alpha value is -2.56. The summed E-state index contributed by atoms with van der Waals surface area (Å²) in [6.07, 6.45) is 0. The van der Waals surface area contributed by atoms with Crippen molar-refractivity contribution < 1.29 is 13.9 Å². The Bertz CT molecular complexity index is 570. The predicted molar refractivity (Wildman–Crippen MR) is 71.4 cm³/mol. The van der Waals surface area contributed by atoms with Crippen molar-refractivity contribution in [2.75, 3.05) is 17.7 Å². The number of nitrogens with one attached hydrogen (secondary N) is 1. The van der Waals surface area contributed by atoms with E-state index in [1.165, 1.54) is 12.1 Å². The van der Waals surface area contributed by atoms with E-state index in [0.29, 0.717) is 11.4 Å². The van der Waals surface area contributed by atoms with E-state index in [9.17, 15) is 9.18 Å². The summed E-state index contributed by atoms with van der Waals surface area (Å²) < 4.78 is 18.3. The minimum atomic E-state index is -0.497. The first-order valence-corrected chi connectivity index (χ1v) is 5.68. The molecule has 2 aromatic carbocycles. The van der Waals surface area contributed by atoms with Gasteiger partial charge in [-0.3, -0.25) is 4.79 Å². The molecule has 0 saturated carbocycles. The monoisotopic (exact) mass is 260 g/mol. The molecule has 4 nitrogen and oxygen atoms in total. The van der Waals surface area contributed by atoms with Gasteiger partial charge in [0.05, 0.1) is 0 Å². The number of hydrogen-bond acceptors (Lipinski definition) is 3.